The highest BCUT2D eigenvalue weighted by atomic mass is 16.5. The number of carbonyl (C=O) groups is 1. The van der Waals surface area contributed by atoms with Crippen LogP contribution < -0.4 is 4.74 Å². The van der Waals surface area contributed by atoms with E-state index < -0.39 is 5.60 Å². The summed E-state index contributed by atoms with van der Waals surface area (Å²) in [5.74, 6) is 1.12. The van der Waals surface area contributed by atoms with Crippen molar-refractivity contribution in [3.63, 3.8) is 0 Å². The van der Waals surface area contributed by atoms with Gasteiger partial charge in [0.05, 0.1) is 13.7 Å². The summed E-state index contributed by atoms with van der Waals surface area (Å²) in [5, 5.41) is 0. The topological polar surface area (TPSA) is 35.5 Å². The zero-order chi connectivity index (χ0) is 14.6. The van der Waals surface area contributed by atoms with Gasteiger partial charge in [-0.2, -0.15) is 0 Å². The Morgan fingerprint density at radius 1 is 1.30 bits per heavy atom. The van der Waals surface area contributed by atoms with Crippen molar-refractivity contribution in [1.29, 1.82) is 0 Å². The average molecular weight is 274 g/mol. The summed E-state index contributed by atoms with van der Waals surface area (Å²) < 4.78 is 11.2. The van der Waals surface area contributed by atoms with Crippen LogP contribution in [0.2, 0.25) is 0 Å². The highest BCUT2D eigenvalue weighted by Crippen LogP contribution is 2.34. The Hall–Kier alpha value is -1.61. The maximum atomic E-state index is 12.3. The van der Waals surface area contributed by atoms with Crippen molar-refractivity contribution in [2.24, 2.45) is 5.92 Å². The summed E-state index contributed by atoms with van der Waals surface area (Å²) in [6.45, 7) is 4.51. The molecule has 3 nitrogen and oxygen atoms in total. The highest BCUT2D eigenvalue weighted by Gasteiger charge is 2.42. The number of allylic oxidation sites excluding steroid dienone is 1. The van der Waals surface area contributed by atoms with E-state index in [1.54, 1.807) is 7.11 Å². The van der Waals surface area contributed by atoms with Crippen LogP contribution in [0, 0.1) is 5.92 Å². The molecule has 0 unspecified atom stereocenters. The van der Waals surface area contributed by atoms with E-state index in [-0.39, 0.29) is 11.7 Å². The van der Waals surface area contributed by atoms with Crippen LogP contribution in [0.1, 0.15) is 32.3 Å². The molecule has 0 heterocycles. The standard InChI is InChI=1S/C17H22O3/c1-4-17(13(2)6-5-7-16(17)18)20-12-14-8-10-15(19-3)11-9-14/h5-6,8-11,13H,4,7,12H2,1-3H3/t13-,17-/m0/s1. The van der Waals surface area contributed by atoms with Crippen molar-refractivity contribution >= 4 is 5.78 Å². The molecule has 0 bridgehead atoms. The minimum absolute atomic E-state index is 0.118. The average Bonchev–Trinajstić information content (AvgIpc) is 2.48. The molecule has 0 N–H and O–H groups in total. The Morgan fingerprint density at radius 2 is 2.00 bits per heavy atom. The number of ketones is 1. The second-order valence-corrected chi connectivity index (χ2v) is 5.22. The van der Waals surface area contributed by atoms with Gasteiger partial charge in [-0.25, -0.2) is 0 Å². The number of hydrogen-bond acceptors (Lipinski definition) is 3. The summed E-state index contributed by atoms with van der Waals surface area (Å²) in [4.78, 5) is 12.3. The van der Waals surface area contributed by atoms with Gasteiger partial charge in [0, 0.05) is 12.3 Å². The molecule has 0 aliphatic heterocycles. The fourth-order valence-electron chi connectivity index (χ4n) is 2.73. The normalized spacial score (nSPS) is 25.8. The van der Waals surface area contributed by atoms with Gasteiger partial charge in [0.2, 0.25) is 0 Å². The summed E-state index contributed by atoms with van der Waals surface area (Å²) in [5.41, 5.74) is 0.377. The molecule has 20 heavy (non-hydrogen) atoms. The summed E-state index contributed by atoms with van der Waals surface area (Å²) in [6.07, 6.45) is 5.20. The third-order valence-electron chi connectivity index (χ3n) is 4.12. The lowest BCUT2D eigenvalue weighted by molar-refractivity contribution is -0.153. The molecule has 2 atom stereocenters. The van der Waals surface area contributed by atoms with Gasteiger partial charge in [-0.3, -0.25) is 4.79 Å². The first-order chi connectivity index (χ1) is 9.62. The van der Waals surface area contributed by atoms with Gasteiger partial charge in [0.1, 0.15) is 11.4 Å². The minimum atomic E-state index is -0.672. The Balaban J connectivity index is 2.10. The summed E-state index contributed by atoms with van der Waals surface area (Å²) in [6, 6.07) is 7.75. The SMILES string of the molecule is CC[C@@]1(OCc2ccc(OC)cc2)C(=O)CC=C[C@@H]1C. The van der Waals surface area contributed by atoms with E-state index in [9.17, 15) is 4.79 Å². The van der Waals surface area contributed by atoms with Crippen molar-refractivity contribution in [3.8, 4) is 5.75 Å². The Bertz CT molecular complexity index is 489. The second-order valence-electron chi connectivity index (χ2n) is 5.22. The van der Waals surface area contributed by atoms with Crippen molar-refractivity contribution in [2.45, 2.75) is 38.9 Å². The van der Waals surface area contributed by atoms with E-state index in [0.29, 0.717) is 19.4 Å². The molecule has 2 rings (SSSR count). The molecule has 0 saturated carbocycles. The summed E-state index contributed by atoms with van der Waals surface area (Å²) in [7, 11) is 1.65. The third kappa shape index (κ3) is 2.78. The first kappa shape index (κ1) is 14.8. The van der Waals surface area contributed by atoms with Crippen LogP contribution in [0.4, 0.5) is 0 Å². The molecule has 3 heteroatoms. The van der Waals surface area contributed by atoms with E-state index in [1.165, 1.54) is 0 Å². The molecule has 1 aliphatic rings. The number of hydrogen-bond donors (Lipinski definition) is 0. The second kappa shape index (κ2) is 6.23. The van der Waals surface area contributed by atoms with Gasteiger partial charge in [-0.1, -0.05) is 38.1 Å². The molecule has 0 saturated heterocycles. The monoisotopic (exact) mass is 274 g/mol. The maximum Gasteiger partial charge on any atom is 0.168 e. The smallest absolute Gasteiger partial charge is 0.168 e. The van der Waals surface area contributed by atoms with Gasteiger partial charge in [0.25, 0.3) is 0 Å². The molecule has 0 aromatic heterocycles. The Morgan fingerprint density at radius 3 is 2.55 bits per heavy atom. The quantitative estimate of drug-likeness (QED) is 0.771. The molecule has 1 aromatic carbocycles. The number of carbonyl (C=O) groups excluding carboxylic acids is 1. The fraction of sp³-hybridized carbons (Fsp3) is 0.471. The third-order valence-corrected chi connectivity index (χ3v) is 4.12. The first-order valence-corrected chi connectivity index (χ1v) is 7.09. The van der Waals surface area contributed by atoms with Crippen LogP contribution in [0.5, 0.6) is 5.75 Å². The van der Waals surface area contributed by atoms with Crippen LogP contribution in [0.15, 0.2) is 36.4 Å². The van der Waals surface area contributed by atoms with Crippen LogP contribution in [-0.4, -0.2) is 18.5 Å². The predicted molar refractivity (Wildman–Crippen MR) is 78.7 cm³/mol. The van der Waals surface area contributed by atoms with Crippen molar-refractivity contribution in [1.82, 2.24) is 0 Å². The van der Waals surface area contributed by atoms with Crippen molar-refractivity contribution in [2.75, 3.05) is 7.11 Å². The number of Topliss-reactive ketones (excluding diaryl/α,β-unsaturated/α-hetero) is 1. The zero-order valence-electron chi connectivity index (χ0n) is 12.4. The molecule has 0 spiro atoms. The van der Waals surface area contributed by atoms with Gasteiger partial charge in [0.15, 0.2) is 5.78 Å². The van der Waals surface area contributed by atoms with Crippen LogP contribution in [0.25, 0.3) is 0 Å². The number of methoxy groups -OCH3 is 1. The van der Waals surface area contributed by atoms with Crippen molar-refractivity contribution in [3.05, 3.63) is 42.0 Å². The largest absolute Gasteiger partial charge is 0.497 e. The van der Waals surface area contributed by atoms with E-state index in [1.807, 2.05) is 44.2 Å². The number of rotatable bonds is 5. The van der Waals surface area contributed by atoms with Gasteiger partial charge >= 0.3 is 0 Å². The van der Waals surface area contributed by atoms with Gasteiger partial charge < -0.3 is 9.47 Å². The molecule has 108 valence electrons. The lowest BCUT2D eigenvalue weighted by Crippen LogP contribution is -2.47. The molecule has 0 amide bonds. The highest BCUT2D eigenvalue weighted by molar-refractivity contribution is 5.90. The van der Waals surface area contributed by atoms with E-state index >= 15 is 0 Å². The molecule has 0 radical (unpaired) electrons. The van der Waals surface area contributed by atoms with E-state index in [0.717, 1.165) is 11.3 Å². The molecular formula is C17H22O3. The maximum absolute atomic E-state index is 12.3. The molecule has 1 aliphatic carbocycles. The fourth-order valence-corrected chi connectivity index (χ4v) is 2.73. The lowest BCUT2D eigenvalue weighted by atomic mass is 9.77. The summed E-state index contributed by atoms with van der Waals surface area (Å²) >= 11 is 0. The number of benzene rings is 1. The van der Waals surface area contributed by atoms with Gasteiger partial charge in [-0.05, 0) is 24.1 Å². The lowest BCUT2D eigenvalue weighted by Gasteiger charge is -2.37. The van der Waals surface area contributed by atoms with Crippen LogP contribution >= 0.6 is 0 Å². The Kier molecular flexibility index (Phi) is 4.61. The molecule has 1 aromatic rings. The number of ether oxygens (including phenoxy) is 2. The predicted octanol–water partition coefficient (Wildman–Crippen LogP) is 3.53. The van der Waals surface area contributed by atoms with Crippen molar-refractivity contribution < 1.29 is 14.3 Å². The Labute approximate surface area is 120 Å². The van der Waals surface area contributed by atoms with Crippen LogP contribution in [-0.2, 0) is 16.1 Å². The van der Waals surface area contributed by atoms with E-state index in [4.69, 9.17) is 9.47 Å². The first-order valence-electron chi connectivity index (χ1n) is 7.09. The molecular weight excluding hydrogens is 252 g/mol. The van der Waals surface area contributed by atoms with Crippen LogP contribution in [0.3, 0.4) is 0 Å². The minimum Gasteiger partial charge on any atom is -0.497 e. The zero-order valence-corrected chi connectivity index (χ0v) is 12.4. The molecule has 0 fully saturated rings. The van der Waals surface area contributed by atoms with E-state index in [2.05, 4.69) is 6.08 Å². The van der Waals surface area contributed by atoms with Gasteiger partial charge in [-0.15, -0.1) is 0 Å².